The van der Waals surface area contributed by atoms with E-state index in [0.717, 1.165) is 48.5 Å². The van der Waals surface area contributed by atoms with Gasteiger partial charge in [-0.2, -0.15) is 0 Å². The SMILES string of the molecule is CN1CCN(CCOc2c(Br)cccc2CN)CC1. The summed E-state index contributed by atoms with van der Waals surface area (Å²) >= 11 is 3.52. The van der Waals surface area contributed by atoms with Gasteiger partial charge < -0.3 is 15.4 Å². The normalized spacial score (nSPS) is 17.6. The summed E-state index contributed by atoms with van der Waals surface area (Å²) < 4.78 is 6.89. The molecule has 0 bridgehead atoms. The van der Waals surface area contributed by atoms with Crippen LogP contribution in [0, 0.1) is 0 Å². The Bertz CT molecular complexity index is 406. The van der Waals surface area contributed by atoms with E-state index >= 15 is 0 Å². The van der Waals surface area contributed by atoms with Crippen molar-refractivity contribution < 1.29 is 4.74 Å². The number of hydrogen-bond acceptors (Lipinski definition) is 4. The van der Waals surface area contributed by atoms with Gasteiger partial charge in [0.2, 0.25) is 0 Å². The Morgan fingerprint density at radius 3 is 2.68 bits per heavy atom. The Balaban J connectivity index is 1.82. The molecule has 4 nitrogen and oxygen atoms in total. The summed E-state index contributed by atoms with van der Waals surface area (Å²) in [6.07, 6.45) is 0. The summed E-state index contributed by atoms with van der Waals surface area (Å²) in [4.78, 5) is 4.80. The number of rotatable bonds is 5. The van der Waals surface area contributed by atoms with E-state index in [4.69, 9.17) is 10.5 Å². The Morgan fingerprint density at radius 2 is 2.00 bits per heavy atom. The van der Waals surface area contributed by atoms with Crippen molar-refractivity contribution >= 4 is 15.9 Å². The smallest absolute Gasteiger partial charge is 0.138 e. The summed E-state index contributed by atoms with van der Waals surface area (Å²) in [6.45, 7) is 6.72. The van der Waals surface area contributed by atoms with Crippen LogP contribution in [0.2, 0.25) is 0 Å². The number of piperazine rings is 1. The standard InChI is InChI=1S/C14H22BrN3O/c1-17-5-7-18(8-6-17)9-10-19-14-12(11-16)3-2-4-13(14)15/h2-4H,5-11,16H2,1H3. The third-order valence-electron chi connectivity index (χ3n) is 3.52. The molecule has 0 atom stereocenters. The molecule has 0 aliphatic carbocycles. The third-order valence-corrected chi connectivity index (χ3v) is 4.14. The molecule has 0 radical (unpaired) electrons. The molecule has 1 aromatic carbocycles. The molecule has 1 saturated heterocycles. The Kier molecular flexibility index (Phi) is 5.63. The van der Waals surface area contributed by atoms with Gasteiger partial charge in [-0.1, -0.05) is 12.1 Å². The fourth-order valence-corrected chi connectivity index (χ4v) is 2.75. The molecular formula is C14H22BrN3O. The first kappa shape index (κ1) is 14.8. The molecule has 0 saturated carbocycles. The van der Waals surface area contributed by atoms with Gasteiger partial charge >= 0.3 is 0 Å². The van der Waals surface area contributed by atoms with Crippen LogP contribution in [0.3, 0.4) is 0 Å². The van der Waals surface area contributed by atoms with Gasteiger partial charge in [0, 0.05) is 44.8 Å². The maximum Gasteiger partial charge on any atom is 0.138 e. The van der Waals surface area contributed by atoms with Crippen molar-refractivity contribution in [2.24, 2.45) is 5.73 Å². The second kappa shape index (κ2) is 7.24. The number of nitrogens with two attached hydrogens (primary N) is 1. The Morgan fingerprint density at radius 1 is 1.26 bits per heavy atom. The van der Waals surface area contributed by atoms with Crippen molar-refractivity contribution in [3.8, 4) is 5.75 Å². The summed E-state index contributed by atoms with van der Waals surface area (Å²) in [7, 11) is 2.17. The zero-order valence-corrected chi connectivity index (χ0v) is 13.0. The van der Waals surface area contributed by atoms with Crippen LogP contribution in [0.1, 0.15) is 5.56 Å². The van der Waals surface area contributed by atoms with E-state index < -0.39 is 0 Å². The molecule has 1 fully saturated rings. The molecule has 1 aliphatic rings. The van der Waals surface area contributed by atoms with Gasteiger partial charge in [0.05, 0.1) is 4.47 Å². The predicted octanol–water partition coefficient (Wildman–Crippen LogP) is 1.53. The molecule has 0 amide bonds. The number of hydrogen-bond donors (Lipinski definition) is 1. The molecule has 106 valence electrons. The molecule has 1 aliphatic heterocycles. The number of ether oxygens (including phenoxy) is 1. The first-order valence-corrected chi connectivity index (χ1v) is 7.51. The third kappa shape index (κ3) is 4.18. The quantitative estimate of drug-likeness (QED) is 0.890. The minimum Gasteiger partial charge on any atom is -0.491 e. The monoisotopic (exact) mass is 327 g/mol. The highest BCUT2D eigenvalue weighted by Gasteiger charge is 2.14. The molecule has 5 heteroatoms. The maximum atomic E-state index is 5.91. The lowest BCUT2D eigenvalue weighted by molar-refractivity contribution is 0.133. The van der Waals surface area contributed by atoms with E-state index in [0.29, 0.717) is 13.2 Å². The minimum absolute atomic E-state index is 0.503. The van der Waals surface area contributed by atoms with Gasteiger partial charge in [-0.05, 0) is 29.0 Å². The lowest BCUT2D eigenvalue weighted by Crippen LogP contribution is -2.45. The van der Waals surface area contributed by atoms with Crippen LogP contribution in [0.25, 0.3) is 0 Å². The lowest BCUT2D eigenvalue weighted by Gasteiger charge is -2.32. The van der Waals surface area contributed by atoms with Gasteiger partial charge in [0.15, 0.2) is 0 Å². The number of para-hydroxylation sites is 1. The molecule has 0 aromatic heterocycles. The number of halogens is 1. The Labute approximate surface area is 123 Å². The van der Waals surface area contributed by atoms with Gasteiger partial charge in [0.25, 0.3) is 0 Å². The zero-order valence-electron chi connectivity index (χ0n) is 11.4. The van der Waals surface area contributed by atoms with E-state index in [1.807, 2.05) is 18.2 Å². The van der Waals surface area contributed by atoms with Crippen molar-refractivity contribution in [3.05, 3.63) is 28.2 Å². The maximum absolute atomic E-state index is 5.91. The van der Waals surface area contributed by atoms with Crippen LogP contribution in [0.5, 0.6) is 5.75 Å². The highest BCUT2D eigenvalue weighted by molar-refractivity contribution is 9.10. The molecule has 2 N–H and O–H groups in total. The van der Waals surface area contributed by atoms with Crippen molar-refractivity contribution in [2.45, 2.75) is 6.54 Å². The molecular weight excluding hydrogens is 306 g/mol. The first-order chi connectivity index (χ1) is 9.20. The van der Waals surface area contributed by atoms with Crippen molar-refractivity contribution in [1.82, 2.24) is 9.80 Å². The fourth-order valence-electron chi connectivity index (χ4n) is 2.22. The average molecular weight is 328 g/mol. The van der Waals surface area contributed by atoms with E-state index in [2.05, 4.69) is 32.8 Å². The average Bonchev–Trinajstić information content (AvgIpc) is 2.42. The lowest BCUT2D eigenvalue weighted by atomic mass is 10.2. The molecule has 0 spiro atoms. The fraction of sp³-hybridized carbons (Fsp3) is 0.571. The summed E-state index contributed by atoms with van der Waals surface area (Å²) in [5.74, 6) is 0.888. The van der Waals surface area contributed by atoms with Gasteiger partial charge in [-0.3, -0.25) is 4.90 Å². The molecule has 2 rings (SSSR count). The van der Waals surface area contributed by atoms with Crippen LogP contribution >= 0.6 is 15.9 Å². The highest BCUT2D eigenvalue weighted by Crippen LogP contribution is 2.28. The van der Waals surface area contributed by atoms with Crippen LogP contribution in [-0.2, 0) is 6.54 Å². The number of likely N-dealkylation sites (N-methyl/N-ethyl adjacent to an activating group) is 1. The first-order valence-electron chi connectivity index (χ1n) is 6.72. The summed E-state index contributed by atoms with van der Waals surface area (Å²) in [5.41, 5.74) is 6.78. The van der Waals surface area contributed by atoms with Crippen molar-refractivity contribution in [1.29, 1.82) is 0 Å². The summed E-state index contributed by atoms with van der Waals surface area (Å²) in [6, 6.07) is 5.99. The molecule has 19 heavy (non-hydrogen) atoms. The zero-order chi connectivity index (χ0) is 13.7. The second-order valence-corrected chi connectivity index (χ2v) is 5.78. The van der Waals surface area contributed by atoms with Crippen molar-refractivity contribution in [3.63, 3.8) is 0 Å². The van der Waals surface area contributed by atoms with Crippen LogP contribution in [-0.4, -0.2) is 56.2 Å². The van der Waals surface area contributed by atoms with E-state index in [9.17, 15) is 0 Å². The predicted molar refractivity (Wildman–Crippen MR) is 81.5 cm³/mol. The van der Waals surface area contributed by atoms with E-state index in [1.165, 1.54) is 0 Å². The van der Waals surface area contributed by atoms with Gasteiger partial charge in [-0.25, -0.2) is 0 Å². The van der Waals surface area contributed by atoms with Gasteiger partial charge in [-0.15, -0.1) is 0 Å². The molecule has 1 aromatic rings. The second-order valence-electron chi connectivity index (χ2n) is 4.93. The van der Waals surface area contributed by atoms with Gasteiger partial charge in [0.1, 0.15) is 12.4 Å². The number of benzene rings is 1. The van der Waals surface area contributed by atoms with Crippen molar-refractivity contribution in [2.75, 3.05) is 46.4 Å². The van der Waals surface area contributed by atoms with Crippen LogP contribution in [0.4, 0.5) is 0 Å². The van der Waals surface area contributed by atoms with E-state index in [1.54, 1.807) is 0 Å². The summed E-state index contributed by atoms with van der Waals surface area (Å²) in [5, 5.41) is 0. The topological polar surface area (TPSA) is 41.7 Å². The molecule has 1 heterocycles. The van der Waals surface area contributed by atoms with E-state index in [-0.39, 0.29) is 0 Å². The largest absolute Gasteiger partial charge is 0.491 e. The van der Waals surface area contributed by atoms with Crippen LogP contribution < -0.4 is 10.5 Å². The highest BCUT2D eigenvalue weighted by atomic mass is 79.9. The molecule has 0 unspecified atom stereocenters. The Hall–Kier alpha value is -0.620. The minimum atomic E-state index is 0.503. The van der Waals surface area contributed by atoms with Crippen LogP contribution in [0.15, 0.2) is 22.7 Å². The number of nitrogens with zero attached hydrogens (tertiary/aromatic N) is 2.